The van der Waals surface area contributed by atoms with Crippen molar-refractivity contribution in [3.8, 4) is 0 Å². The maximum atomic E-state index is 8.12. The molecule has 1 aliphatic heterocycles. The van der Waals surface area contributed by atoms with Gasteiger partial charge in [-0.05, 0) is 55.2 Å². The van der Waals surface area contributed by atoms with Crippen molar-refractivity contribution < 1.29 is 19.2 Å². The zero-order chi connectivity index (χ0) is 25.6. The molecular formula is C29H30N2O4. The fraction of sp³-hybridized carbons (Fsp3) is 0.241. The Kier molecular flexibility index (Phi) is 10.9. The van der Waals surface area contributed by atoms with Gasteiger partial charge in [0.05, 0.1) is 0 Å². The van der Waals surface area contributed by atoms with Crippen molar-refractivity contribution in [3.63, 3.8) is 0 Å². The summed E-state index contributed by atoms with van der Waals surface area (Å²) in [6, 6.07) is 30.7. The van der Waals surface area contributed by atoms with Crippen LogP contribution in [0.3, 0.4) is 0 Å². The van der Waals surface area contributed by atoms with Crippen molar-refractivity contribution in [2.24, 2.45) is 0 Å². The number of carbonyl (C=O) groups excluding carboxylic acids is 4. The summed E-state index contributed by atoms with van der Waals surface area (Å²) in [7, 11) is 0. The number of rotatable bonds is 5. The molecule has 0 radical (unpaired) electrons. The number of aryl methyl sites for hydroxylation is 1. The number of nitrogens with zero attached hydrogens (tertiary/aromatic N) is 2. The predicted molar refractivity (Wildman–Crippen MR) is 134 cm³/mol. The normalized spacial score (nSPS) is 14.5. The second-order valence-corrected chi connectivity index (χ2v) is 7.88. The van der Waals surface area contributed by atoms with E-state index in [0.29, 0.717) is 0 Å². The Balaban J connectivity index is 0.000000655. The van der Waals surface area contributed by atoms with Crippen molar-refractivity contribution in [1.82, 2.24) is 0 Å². The first-order chi connectivity index (χ1) is 17.1. The van der Waals surface area contributed by atoms with Crippen molar-refractivity contribution in [1.29, 1.82) is 0 Å². The molecule has 1 aliphatic rings. The molecule has 0 amide bonds. The Morgan fingerprint density at radius 3 is 1.71 bits per heavy atom. The van der Waals surface area contributed by atoms with Crippen LogP contribution in [0.4, 0.5) is 11.4 Å². The number of hydrogen-bond donors (Lipinski definition) is 0. The van der Waals surface area contributed by atoms with Crippen LogP contribution in [0.1, 0.15) is 44.0 Å². The molecule has 0 saturated carbocycles. The second-order valence-electron chi connectivity index (χ2n) is 7.88. The van der Waals surface area contributed by atoms with Crippen molar-refractivity contribution in [3.05, 3.63) is 107 Å². The van der Waals surface area contributed by atoms with Gasteiger partial charge in [-0.25, -0.2) is 0 Å². The van der Waals surface area contributed by atoms with Crippen LogP contribution in [0, 0.1) is 6.92 Å². The predicted octanol–water partition coefficient (Wildman–Crippen LogP) is 5.93. The van der Waals surface area contributed by atoms with E-state index >= 15 is 0 Å². The molecule has 3 aromatic rings. The minimum Gasteiger partial charge on any atom is -0.343 e. The first-order valence-corrected chi connectivity index (χ1v) is 11.5. The number of anilines is 2. The van der Waals surface area contributed by atoms with E-state index in [1.807, 2.05) is 0 Å². The summed E-state index contributed by atoms with van der Waals surface area (Å²) in [5.74, 6) is 0. The highest BCUT2D eigenvalue weighted by Crippen LogP contribution is 2.42. The molecule has 180 valence electrons. The van der Waals surface area contributed by atoms with Gasteiger partial charge in [0, 0.05) is 23.6 Å². The van der Waals surface area contributed by atoms with Gasteiger partial charge in [-0.3, -0.25) is 0 Å². The van der Waals surface area contributed by atoms with Gasteiger partial charge in [0.2, 0.25) is 0 Å². The maximum Gasteiger partial charge on any atom is 0.373 e. The van der Waals surface area contributed by atoms with Crippen molar-refractivity contribution >= 4 is 23.7 Å². The summed E-state index contributed by atoms with van der Waals surface area (Å²) < 4.78 is 0. The molecule has 0 spiro atoms. The highest BCUT2D eigenvalue weighted by molar-refractivity contribution is 5.63. The quantitative estimate of drug-likeness (QED) is 0.460. The summed E-state index contributed by atoms with van der Waals surface area (Å²) in [5.41, 5.74) is 8.10. The van der Waals surface area contributed by atoms with E-state index < -0.39 is 0 Å². The number of hydrogen-bond acceptors (Lipinski definition) is 6. The third kappa shape index (κ3) is 6.87. The van der Waals surface area contributed by atoms with Gasteiger partial charge in [-0.15, -0.1) is 0 Å². The summed E-state index contributed by atoms with van der Waals surface area (Å²) in [6.07, 6.45) is 2.73. The highest BCUT2D eigenvalue weighted by Gasteiger charge is 2.35. The third-order valence-electron chi connectivity index (χ3n) is 5.86. The van der Waals surface area contributed by atoms with E-state index in [9.17, 15) is 0 Å². The van der Waals surface area contributed by atoms with Crippen molar-refractivity contribution in [2.75, 3.05) is 16.3 Å². The lowest BCUT2D eigenvalue weighted by Gasteiger charge is -2.48. The summed E-state index contributed by atoms with van der Waals surface area (Å²) in [5, 5.41) is 0. The first kappa shape index (κ1) is 27.0. The van der Waals surface area contributed by atoms with Crippen LogP contribution in [0.2, 0.25) is 0 Å². The van der Waals surface area contributed by atoms with Crippen LogP contribution in [0.25, 0.3) is 0 Å². The Labute approximate surface area is 206 Å². The lowest BCUT2D eigenvalue weighted by molar-refractivity contribution is -0.193. The van der Waals surface area contributed by atoms with Gasteiger partial charge >= 0.3 is 12.3 Å². The zero-order valence-corrected chi connectivity index (χ0v) is 20.3. The van der Waals surface area contributed by atoms with Crippen LogP contribution >= 0.6 is 0 Å². The molecule has 1 atom stereocenters. The Bertz CT molecular complexity index is 1130. The molecule has 0 aliphatic carbocycles. The van der Waals surface area contributed by atoms with Gasteiger partial charge in [0.1, 0.15) is 6.17 Å². The Morgan fingerprint density at radius 1 is 0.714 bits per heavy atom. The molecule has 0 aromatic heterocycles. The summed E-state index contributed by atoms with van der Waals surface area (Å²) >= 11 is 0. The van der Waals surface area contributed by atoms with Crippen molar-refractivity contribution in [2.45, 2.75) is 39.8 Å². The van der Waals surface area contributed by atoms with E-state index in [0.717, 1.165) is 19.4 Å². The number of allylic oxidation sites excluding steroid dienone is 1. The van der Waals surface area contributed by atoms with E-state index in [2.05, 4.69) is 116 Å². The minimum absolute atomic E-state index is 0.131. The highest BCUT2D eigenvalue weighted by atomic mass is 16.2. The Hall–Kier alpha value is -4.24. The molecule has 35 heavy (non-hydrogen) atoms. The second kappa shape index (κ2) is 14.1. The molecule has 3 aromatic carbocycles. The molecule has 0 N–H and O–H groups in total. The van der Waals surface area contributed by atoms with Gasteiger partial charge in [-0.1, -0.05) is 80.1 Å². The molecule has 0 bridgehead atoms. The number of para-hydroxylation sites is 1. The van der Waals surface area contributed by atoms with Crippen LogP contribution in [0.5, 0.6) is 0 Å². The first-order valence-electron chi connectivity index (χ1n) is 11.5. The fourth-order valence-electron chi connectivity index (χ4n) is 4.39. The van der Waals surface area contributed by atoms with Gasteiger partial charge in [0.15, 0.2) is 0 Å². The summed E-state index contributed by atoms with van der Waals surface area (Å²) in [6.45, 7) is 7.68. The zero-order valence-electron chi connectivity index (χ0n) is 20.3. The SMILES string of the molecule is CCC1=C(CC)N(c2ccc(C)cc2)C(c2ccccc2)N(c2ccccc2)C1.O=C=O.O=C=O. The largest absolute Gasteiger partial charge is 0.373 e. The van der Waals surface area contributed by atoms with Crippen LogP contribution < -0.4 is 9.80 Å². The Morgan fingerprint density at radius 2 is 1.23 bits per heavy atom. The monoisotopic (exact) mass is 470 g/mol. The molecule has 4 rings (SSSR count). The molecular weight excluding hydrogens is 440 g/mol. The van der Waals surface area contributed by atoms with Gasteiger partial charge in [0.25, 0.3) is 0 Å². The topological polar surface area (TPSA) is 74.8 Å². The number of benzene rings is 3. The van der Waals surface area contributed by atoms with E-state index in [1.165, 1.54) is 33.8 Å². The summed E-state index contributed by atoms with van der Waals surface area (Å²) in [4.78, 5) is 37.6. The van der Waals surface area contributed by atoms with Crippen LogP contribution in [0.15, 0.2) is 96.2 Å². The standard InChI is InChI=1S/C27H30N2.2CO2/c1-4-22-20-28(24-14-10-7-11-15-24)27(23-12-8-6-9-13-23)29(26(22)5-2)25-18-16-21(3)17-19-25;2*2-1-3/h6-19,27H,4-5,20H2,1-3H3;;. The lowest BCUT2D eigenvalue weighted by Crippen LogP contribution is -2.47. The molecule has 0 fully saturated rings. The molecule has 1 unspecified atom stereocenters. The minimum atomic E-state index is 0.131. The average Bonchev–Trinajstić information content (AvgIpc) is 2.90. The van der Waals surface area contributed by atoms with Crippen LogP contribution in [-0.2, 0) is 19.2 Å². The van der Waals surface area contributed by atoms with Crippen LogP contribution in [-0.4, -0.2) is 18.8 Å². The molecule has 0 saturated heterocycles. The third-order valence-corrected chi connectivity index (χ3v) is 5.86. The van der Waals surface area contributed by atoms with E-state index in [1.54, 1.807) is 0 Å². The van der Waals surface area contributed by atoms with Gasteiger partial charge in [-0.2, -0.15) is 19.2 Å². The fourth-order valence-corrected chi connectivity index (χ4v) is 4.39. The van der Waals surface area contributed by atoms with E-state index in [-0.39, 0.29) is 18.5 Å². The molecule has 1 heterocycles. The van der Waals surface area contributed by atoms with Gasteiger partial charge < -0.3 is 9.80 Å². The van der Waals surface area contributed by atoms with E-state index in [4.69, 9.17) is 19.2 Å². The molecule has 6 heteroatoms. The average molecular weight is 471 g/mol. The maximum absolute atomic E-state index is 8.12. The smallest absolute Gasteiger partial charge is 0.343 e. The molecule has 6 nitrogen and oxygen atoms in total. The lowest BCUT2D eigenvalue weighted by atomic mass is 9.97.